The van der Waals surface area contributed by atoms with Gasteiger partial charge in [-0.15, -0.1) is 0 Å². The number of pyridine rings is 1. The first kappa shape index (κ1) is 14.7. The van der Waals surface area contributed by atoms with Crippen LogP contribution in [-0.2, 0) is 0 Å². The van der Waals surface area contributed by atoms with Crippen molar-refractivity contribution in [3.8, 4) is 0 Å². The van der Waals surface area contributed by atoms with Crippen molar-refractivity contribution in [3.63, 3.8) is 0 Å². The number of aromatic nitrogens is 1. The second-order valence-corrected chi connectivity index (χ2v) is 5.91. The van der Waals surface area contributed by atoms with Crippen molar-refractivity contribution >= 4 is 34.8 Å². The van der Waals surface area contributed by atoms with Crippen LogP contribution in [0.5, 0.6) is 0 Å². The summed E-state index contributed by atoms with van der Waals surface area (Å²) >= 11 is 12.3. The molecule has 0 radical (unpaired) electrons. The van der Waals surface area contributed by atoms with E-state index in [4.69, 9.17) is 23.2 Å². The van der Waals surface area contributed by atoms with Crippen LogP contribution in [0.15, 0.2) is 6.07 Å². The van der Waals surface area contributed by atoms with Crippen LogP contribution in [0.4, 0.5) is 11.6 Å². The summed E-state index contributed by atoms with van der Waals surface area (Å²) < 4.78 is 0. The molecule has 0 amide bonds. The summed E-state index contributed by atoms with van der Waals surface area (Å²) in [6.45, 7) is 4.31. The van der Waals surface area contributed by atoms with Crippen molar-refractivity contribution in [1.82, 2.24) is 4.98 Å². The lowest BCUT2D eigenvalue weighted by molar-refractivity contribution is 0.377. The van der Waals surface area contributed by atoms with E-state index in [9.17, 15) is 0 Å². The average Bonchev–Trinajstić information content (AvgIpc) is 2.41. The van der Waals surface area contributed by atoms with Gasteiger partial charge in [-0.05, 0) is 24.8 Å². The lowest BCUT2D eigenvalue weighted by Gasteiger charge is -2.33. The molecule has 0 aliphatic carbocycles. The van der Waals surface area contributed by atoms with Crippen LogP contribution in [0.25, 0.3) is 0 Å². The first-order chi connectivity index (χ1) is 9.15. The lowest BCUT2D eigenvalue weighted by Crippen LogP contribution is -2.34. The van der Waals surface area contributed by atoms with Gasteiger partial charge in [-0.1, -0.05) is 43.0 Å². The summed E-state index contributed by atoms with van der Waals surface area (Å²) in [4.78, 5) is 6.81. The molecule has 1 fully saturated rings. The highest BCUT2D eigenvalue weighted by Gasteiger charge is 2.22. The molecule has 3 nitrogen and oxygen atoms in total. The number of nitrogens with zero attached hydrogens (tertiary/aromatic N) is 2. The SMILES string of the molecule is CCCC1CCN(c2nc(NC)c(Cl)cc2Cl)CC1. The van der Waals surface area contributed by atoms with Crippen LogP contribution in [0.2, 0.25) is 10.0 Å². The van der Waals surface area contributed by atoms with Crippen molar-refractivity contribution in [2.45, 2.75) is 32.6 Å². The zero-order valence-electron chi connectivity index (χ0n) is 11.5. The molecule has 2 heterocycles. The summed E-state index contributed by atoms with van der Waals surface area (Å²) in [5.74, 6) is 2.40. The van der Waals surface area contributed by atoms with Crippen LogP contribution >= 0.6 is 23.2 Å². The molecule has 0 aromatic carbocycles. The fourth-order valence-electron chi connectivity index (χ4n) is 2.70. The Morgan fingerprint density at radius 1 is 1.32 bits per heavy atom. The second-order valence-electron chi connectivity index (χ2n) is 5.09. The number of rotatable bonds is 4. The smallest absolute Gasteiger partial charge is 0.149 e. The standard InChI is InChI=1S/C14H21Cl2N3/c1-3-4-10-5-7-19(8-6-10)14-12(16)9-11(15)13(17-2)18-14/h9-10H,3-8H2,1-2H3,(H,17,18). The number of piperidine rings is 1. The molecule has 1 N–H and O–H groups in total. The monoisotopic (exact) mass is 301 g/mol. The fourth-order valence-corrected chi connectivity index (χ4v) is 3.27. The molecule has 0 unspecified atom stereocenters. The maximum atomic E-state index is 6.27. The first-order valence-corrected chi connectivity index (χ1v) is 7.70. The maximum Gasteiger partial charge on any atom is 0.149 e. The molecule has 5 heteroatoms. The van der Waals surface area contributed by atoms with Gasteiger partial charge in [-0.25, -0.2) is 4.98 Å². The second kappa shape index (κ2) is 6.67. The van der Waals surface area contributed by atoms with Crippen molar-refractivity contribution in [2.24, 2.45) is 5.92 Å². The Morgan fingerprint density at radius 3 is 2.58 bits per heavy atom. The van der Waals surface area contributed by atoms with Crippen molar-refractivity contribution in [2.75, 3.05) is 30.4 Å². The van der Waals surface area contributed by atoms with Crippen LogP contribution in [0, 0.1) is 5.92 Å². The van der Waals surface area contributed by atoms with Gasteiger partial charge in [0.1, 0.15) is 11.6 Å². The van der Waals surface area contributed by atoms with Crippen molar-refractivity contribution in [1.29, 1.82) is 0 Å². The van der Waals surface area contributed by atoms with E-state index in [-0.39, 0.29) is 0 Å². The van der Waals surface area contributed by atoms with E-state index in [1.807, 2.05) is 7.05 Å². The highest BCUT2D eigenvalue weighted by Crippen LogP contribution is 2.33. The molecular weight excluding hydrogens is 281 g/mol. The maximum absolute atomic E-state index is 6.27. The molecule has 0 saturated carbocycles. The van der Waals surface area contributed by atoms with Gasteiger partial charge < -0.3 is 10.2 Å². The molecule has 0 bridgehead atoms. The van der Waals surface area contributed by atoms with Gasteiger partial charge in [0.15, 0.2) is 0 Å². The van der Waals surface area contributed by atoms with Gasteiger partial charge in [0.05, 0.1) is 10.0 Å². The third kappa shape index (κ3) is 3.46. The summed E-state index contributed by atoms with van der Waals surface area (Å²) in [7, 11) is 1.82. The number of halogens is 2. The summed E-state index contributed by atoms with van der Waals surface area (Å²) in [6.07, 6.45) is 5.05. The Morgan fingerprint density at radius 2 is 2.00 bits per heavy atom. The minimum atomic E-state index is 0.567. The van der Waals surface area contributed by atoms with Gasteiger partial charge in [0, 0.05) is 20.1 Å². The molecule has 0 atom stereocenters. The van der Waals surface area contributed by atoms with E-state index in [0.29, 0.717) is 15.9 Å². The molecule has 1 aromatic rings. The van der Waals surface area contributed by atoms with Gasteiger partial charge in [-0.3, -0.25) is 0 Å². The predicted molar refractivity (Wildman–Crippen MR) is 83.6 cm³/mol. The third-order valence-corrected chi connectivity index (χ3v) is 4.33. The van der Waals surface area contributed by atoms with Crippen LogP contribution in [0.1, 0.15) is 32.6 Å². The molecule has 2 rings (SSSR count). The Labute approximate surface area is 125 Å². The highest BCUT2D eigenvalue weighted by molar-refractivity contribution is 6.37. The Balaban J connectivity index is 2.11. The van der Waals surface area contributed by atoms with Gasteiger partial charge in [-0.2, -0.15) is 0 Å². The minimum Gasteiger partial charge on any atom is -0.372 e. The number of nitrogens with one attached hydrogen (secondary N) is 1. The highest BCUT2D eigenvalue weighted by atomic mass is 35.5. The van der Waals surface area contributed by atoms with Gasteiger partial charge in [0.2, 0.25) is 0 Å². The summed E-state index contributed by atoms with van der Waals surface area (Å²) in [5.41, 5.74) is 0. The Kier molecular flexibility index (Phi) is 5.17. The van der Waals surface area contributed by atoms with E-state index in [0.717, 1.165) is 24.8 Å². The van der Waals surface area contributed by atoms with Gasteiger partial charge in [0.25, 0.3) is 0 Å². The number of hydrogen-bond donors (Lipinski definition) is 1. The molecule has 19 heavy (non-hydrogen) atoms. The fraction of sp³-hybridized carbons (Fsp3) is 0.643. The molecular formula is C14H21Cl2N3. The molecule has 106 valence electrons. The Hall–Kier alpha value is -0.670. The molecule has 1 saturated heterocycles. The predicted octanol–water partition coefficient (Wildman–Crippen LogP) is 4.45. The zero-order valence-corrected chi connectivity index (χ0v) is 13.1. The molecule has 1 aliphatic rings. The van der Waals surface area contributed by atoms with Crippen LogP contribution < -0.4 is 10.2 Å². The molecule has 1 aromatic heterocycles. The first-order valence-electron chi connectivity index (χ1n) is 6.94. The normalized spacial score (nSPS) is 16.7. The van der Waals surface area contributed by atoms with E-state index in [1.165, 1.54) is 25.7 Å². The number of anilines is 2. The minimum absolute atomic E-state index is 0.567. The zero-order chi connectivity index (χ0) is 13.8. The topological polar surface area (TPSA) is 28.2 Å². The number of hydrogen-bond acceptors (Lipinski definition) is 3. The Bertz CT molecular complexity index is 429. The van der Waals surface area contributed by atoms with Crippen molar-refractivity contribution < 1.29 is 0 Å². The summed E-state index contributed by atoms with van der Waals surface area (Å²) in [6, 6.07) is 1.77. The van der Waals surface area contributed by atoms with E-state index >= 15 is 0 Å². The van der Waals surface area contributed by atoms with E-state index in [1.54, 1.807) is 6.07 Å². The van der Waals surface area contributed by atoms with E-state index < -0.39 is 0 Å². The molecule has 0 spiro atoms. The van der Waals surface area contributed by atoms with Crippen molar-refractivity contribution in [3.05, 3.63) is 16.1 Å². The molecule has 1 aliphatic heterocycles. The quantitative estimate of drug-likeness (QED) is 0.891. The van der Waals surface area contributed by atoms with E-state index in [2.05, 4.69) is 22.1 Å². The third-order valence-electron chi connectivity index (χ3n) is 3.76. The van der Waals surface area contributed by atoms with Gasteiger partial charge >= 0.3 is 0 Å². The summed E-state index contributed by atoms with van der Waals surface area (Å²) in [5, 5.41) is 4.21. The van der Waals surface area contributed by atoms with Crippen LogP contribution in [0.3, 0.4) is 0 Å². The van der Waals surface area contributed by atoms with Crippen LogP contribution in [-0.4, -0.2) is 25.1 Å². The lowest BCUT2D eigenvalue weighted by atomic mass is 9.92. The average molecular weight is 302 g/mol. The largest absolute Gasteiger partial charge is 0.372 e.